The van der Waals surface area contributed by atoms with Gasteiger partial charge >= 0.3 is 19.5 Å². The average molecular weight is 692 g/mol. The van der Waals surface area contributed by atoms with Gasteiger partial charge in [-0.1, -0.05) is 79.7 Å². The topological polar surface area (TPSA) is 99.1 Å². The zero-order valence-electron chi connectivity index (χ0n) is 26.4. The van der Waals surface area contributed by atoms with Crippen LogP contribution in [0.25, 0.3) is 22.8 Å². The molecule has 0 atom stereocenters. The van der Waals surface area contributed by atoms with E-state index in [1.54, 1.807) is 0 Å². The minimum atomic E-state index is -0.537. The Morgan fingerprint density at radius 2 is 0.767 bits per heavy atom. The quantitative estimate of drug-likeness (QED) is 0.140. The molecule has 0 N–H and O–H groups in total. The molecular formula is C34H42N6RuSi2. The molecule has 224 valence electrons. The molecule has 0 aliphatic heterocycles. The van der Waals surface area contributed by atoms with Crippen LogP contribution in [0, 0.1) is 23.7 Å². The molecule has 0 amide bonds. The van der Waals surface area contributed by atoms with Gasteiger partial charge in [-0.2, -0.15) is 0 Å². The van der Waals surface area contributed by atoms with Gasteiger partial charge in [0.05, 0.1) is 40.4 Å². The number of nitrogens with zero attached hydrogens (tertiary/aromatic N) is 6. The maximum Gasteiger partial charge on any atom is 2.00 e. The van der Waals surface area contributed by atoms with Crippen LogP contribution in [-0.4, -0.2) is 37.5 Å². The van der Waals surface area contributed by atoms with E-state index < -0.39 is 17.6 Å². The number of aromatic nitrogens is 4. The van der Waals surface area contributed by atoms with Crippen LogP contribution in [-0.2, 0) is 19.5 Å². The van der Waals surface area contributed by atoms with Gasteiger partial charge in [0.15, 0.2) is 0 Å². The van der Waals surface area contributed by atoms with Crippen LogP contribution in [0.15, 0.2) is 85.5 Å². The Labute approximate surface area is 275 Å². The third kappa shape index (κ3) is 12.4. The molecule has 6 nitrogen and oxygen atoms in total. The molecule has 9 heteroatoms. The van der Waals surface area contributed by atoms with Gasteiger partial charge in [-0.15, -0.1) is 0 Å². The number of pyridine rings is 4. The van der Waals surface area contributed by atoms with Gasteiger partial charge in [0.2, 0.25) is 0 Å². The zero-order chi connectivity index (χ0) is 31.7. The second-order valence-electron chi connectivity index (χ2n) is 10.8. The van der Waals surface area contributed by atoms with Crippen molar-refractivity contribution in [3.05, 3.63) is 98.6 Å². The first-order valence-electron chi connectivity index (χ1n) is 14.1. The largest absolute Gasteiger partial charge is 2.00 e. The molecule has 43 heavy (non-hydrogen) atoms. The Kier molecular flexibility index (Phi) is 19.7. The van der Waals surface area contributed by atoms with E-state index in [0.717, 1.165) is 44.9 Å². The van der Waals surface area contributed by atoms with Crippen LogP contribution < -0.4 is 10.4 Å². The first-order chi connectivity index (χ1) is 20.2. The summed E-state index contributed by atoms with van der Waals surface area (Å²) < 4.78 is 0. The molecule has 4 heterocycles. The van der Waals surface area contributed by atoms with Crippen LogP contribution in [0.4, 0.5) is 0 Å². The van der Waals surface area contributed by atoms with Crippen molar-refractivity contribution in [1.82, 2.24) is 19.9 Å². The maximum absolute atomic E-state index is 6.25. The second kappa shape index (κ2) is 21.3. The SMILES string of the molecule is CC(C)[Si](c1ccc(-c2ccccn2)nc1)C(C)C.CC(C)[Si](c1ccc(-c2ccccn2)nc1)C(C)C.[C-]#N.[C-]#N.[Ru+2]. The summed E-state index contributed by atoms with van der Waals surface area (Å²) in [6.45, 7) is 28.1. The van der Waals surface area contributed by atoms with Crippen LogP contribution in [0.3, 0.4) is 0 Å². The fraction of sp³-hybridized carbons (Fsp3) is 0.353. The van der Waals surface area contributed by atoms with Crippen molar-refractivity contribution in [3.8, 4) is 22.8 Å². The summed E-state index contributed by atoms with van der Waals surface area (Å²) in [4.78, 5) is 17.9. The molecule has 0 spiro atoms. The fourth-order valence-electron chi connectivity index (χ4n) is 5.13. The minimum Gasteiger partial charge on any atom is -0.512 e. The average Bonchev–Trinajstić information content (AvgIpc) is 3.00. The van der Waals surface area contributed by atoms with Gasteiger partial charge < -0.3 is 23.7 Å². The Morgan fingerprint density at radius 3 is 0.977 bits per heavy atom. The van der Waals surface area contributed by atoms with Gasteiger partial charge in [-0.25, -0.2) is 0 Å². The summed E-state index contributed by atoms with van der Waals surface area (Å²) in [6, 6.07) is 20.5. The summed E-state index contributed by atoms with van der Waals surface area (Å²) >= 11 is 0. The summed E-state index contributed by atoms with van der Waals surface area (Å²) in [5, 5.41) is 15.4. The molecule has 0 saturated carbocycles. The number of hydrogen-bond donors (Lipinski definition) is 0. The molecule has 0 aliphatic rings. The third-order valence-corrected chi connectivity index (χ3v) is 13.4. The standard InChI is InChI=1S/2C16H21N2Si.2CN.Ru/c2*1-12(2)19(13(3)4)14-8-9-16(18-11-14)15-7-5-6-10-17-15;2*1-2;/h2*5-13H,1-4H3;;;/q;;2*-1;+2. The van der Waals surface area contributed by atoms with Crippen molar-refractivity contribution >= 4 is 28.0 Å². The van der Waals surface area contributed by atoms with Crippen molar-refractivity contribution in [1.29, 1.82) is 10.5 Å². The first-order valence-corrected chi connectivity index (χ1v) is 17.4. The van der Waals surface area contributed by atoms with Crippen molar-refractivity contribution in [2.24, 2.45) is 0 Å². The first kappa shape index (κ1) is 39.6. The van der Waals surface area contributed by atoms with Gasteiger partial charge in [0.25, 0.3) is 0 Å². The van der Waals surface area contributed by atoms with Crippen molar-refractivity contribution in [2.45, 2.75) is 77.6 Å². The Bertz CT molecular complexity index is 1190. The van der Waals surface area contributed by atoms with Gasteiger partial charge in [-0.05, 0) is 68.9 Å². The van der Waals surface area contributed by atoms with Gasteiger partial charge in [0.1, 0.15) is 0 Å². The molecule has 4 aromatic heterocycles. The molecule has 0 bridgehead atoms. The summed E-state index contributed by atoms with van der Waals surface area (Å²) in [5.74, 6) is 0. The van der Waals surface area contributed by atoms with E-state index in [4.69, 9.17) is 23.7 Å². The molecule has 0 aliphatic carbocycles. The fourth-order valence-corrected chi connectivity index (χ4v) is 11.4. The zero-order valence-corrected chi connectivity index (χ0v) is 30.2. The summed E-state index contributed by atoms with van der Waals surface area (Å²) in [5.41, 5.74) is 6.71. The van der Waals surface area contributed by atoms with Crippen LogP contribution in [0.1, 0.15) is 55.4 Å². The third-order valence-electron chi connectivity index (χ3n) is 6.54. The maximum atomic E-state index is 6.25. The number of rotatable bonds is 8. The predicted molar refractivity (Wildman–Crippen MR) is 176 cm³/mol. The molecule has 0 fully saturated rings. The van der Waals surface area contributed by atoms with Crippen LogP contribution in [0.5, 0.6) is 0 Å². The number of hydrogen-bond acceptors (Lipinski definition) is 6. The van der Waals surface area contributed by atoms with E-state index in [9.17, 15) is 0 Å². The normalized spacial score (nSPS) is 10.3. The van der Waals surface area contributed by atoms with E-state index in [-0.39, 0.29) is 19.5 Å². The van der Waals surface area contributed by atoms with E-state index in [1.165, 1.54) is 10.4 Å². The molecule has 2 radical (unpaired) electrons. The molecule has 0 unspecified atom stereocenters. The van der Waals surface area contributed by atoms with Crippen molar-refractivity contribution in [3.63, 3.8) is 0 Å². The molecular weight excluding hydrogens is 650 g/mol. The second-order valence-corrected chi connectivity index (χ2v) is 18.4. The van der Waals surface area contributed by atoms with Crippen molar-refractivity contribution in [2.75, 3.05) is 0 Å². The van der Waals surface area contributed by atoms with Gasteiger partial charge in [-0.3, -0.25) is 19.9 Å². The molecule has 4 aromatic rings. The predicted octanol–water partition coefficient (Wildman–Crippen LogP) is 7.52. The Balaban J connectivity index is 0.000000720. The van der Waals surface area contributed by atoms with E-state index in [1.807, 2.05) is 48.8 Å². The van der Waals surface area contributed by atoms with E-state index >= 15 is 0 Å². The summed E-state index contributed by atoms with van der Waals surface area (Å²) in [7, 11) is -1.07. The van der Waals surface area contributed by atoms with Crippen LogP contribution in [0.2, 0.25) is 22.2 Å². The molecule has 0 saturated heterocycles. The van der Waals surface area contributed by atoms with Gasteiger partial charge in [0, 0.05) is 24.8 Å². The Morgan fingerprint density at radius 1 is 0.465 bits per heavy atom. The smallest absolute Gasteiger partial charge is 0.512 e. The molecule has 0 aromatic carbocycles. The van der Waals surface area contributed by atoms with Crippen LogP contribution >= 0.6 is 0 Å². The Hall–Kier alpha value is -3.36. The monoisotopic (exact) mass is 692 g/mol. The van der Waals surface area contributed by atoms with Crippen molar-refractivity contribution < 1.29 is 19.5 Å². The molecule has 4 rings (SSSR count). The van der Waals surface area contributed by atoms with E-state index in [0.29, 0.717) is 0 Å². The minimum absolute atomic E-state index is 0. The summed E-state index contributed by atoms with van der Waals surface area (Å²) in [6.07, 6.45) is 7.72. The van der Waals surface area contributed by atoms with E-state index in [2.05, 4.69) is 112 Å².